The molecule has 3 aromatic carbocycles. The number of hydrogen-bond donors (Lipinski definition) is 0. The number of ether oxygens (including phenoxy) is 3. The van der Waals surface area contributed by atoms with Crippen molar-refractivity contribution in [2.24, 2.45) is 0 Å². The van der Waals surface area contributed by atoms with Crippen molar-refractivity contribution in [3.05, 3.63) is 111 Å². The van der Waals surface area contributed by atoms with E-state index in [1.807, 2.05) is 0 Å². The van der Waals surface area contributed by atoms with Gasteiger partial charge in [0.1, 0.15) is 19.0 Å². The summed E-state index contributed by atoms with van der Waals surface area (Å²) in [5.41, 5.74) is 1.15. The van der Waals surface area contributed by atoms with Gasteiger partial charge < -0.3 is 14.2 Å². The summed E-state index contributed by atoms with van der Waals surface area (Å²) in [6.07, 6.45) is -0.127. The summed E-state index contributed by atoms with van der Waals surface area (Å²) in [7, 11) is 0. The van der Waals surface area contributed by atoms with Crippen molar-refractivity contribution < 1.29 is 28.6 Å². The lowest BCUT2D eigenvalue weighted by molar-refractivity contribution is -0.138. The minimum absolute atomic E-state index is 0.0366. The molecule has 34 heavy (non-hydrogen) atoms. The van der Waals surface area contributed by atoms with E-state index in [2.05, 4.69) is 38.4 Å². The Balaban J connectivity index is 1.84. The van der Waals surface area contributed by atoms with E-state index in [1.54, 1.807) is 72.8 Å². The first-order valence-corrected chi connectivity index (χ1v) is 11.7. The summed E-state index contributed by atoms with van der Waals surface area (Å²) >= 11 is 6.68. The Hall–Kier alpha value is -3.23. The van der Waals surface area contributed by atoms with E-state index in [9.17, 15) is 14.4 Å². The first kappa shape index (κ1) is 25.4. The summed E-state index contributed by atoms with van der Waals surface area (Å²) in [5, 5.41) is 0. The van der Waals surface area contributed by atoms with Gasteiger partial charge in [0.2, 0.25) is 5.78 Å². The van der Waals surface area contributed by atoms with Crippen LogP contribution in [0.25, 0.3) is 0 Å². The lowest BCUT2D eigenvalue weighted by atomic mass is 9.99. The van der Waals surface area contributed by atoms with Crippen molar-refractivity contribution >= 4 is 49.6 Å². The van der Waals surface area contributed by atoms with Gasteiger partial charge in [-0.1, -0.05) is 62.7 Å². The highest BCUT2D eigenvalue weighted by molar-refractivity contribution is 9.10. The van der Waals surface area contributed by atoms with Crippen molar-refractivity contribution in [1.29, 1.82) is 0 Å². The number of benzene rings is 3. The fraction of sp³-hybridized carbons (Fsp3) is 0.115. The van der Waals surface area contributed by atoms with Crippen LogP contribution in [0.3, 0.4) is 0 Å². The Labute approximate surface area is 213 Å². The monoisotopic (exact) mass is 586 g/mol. The van der Waals surface area contributed by atoms with Gasteiger partial charge in [-0.2, -0.15) is 0 Å². The molecule has 0 aliphatic rings. The Kier molecular flexibility index (Phi) is 9.18. The Morgan fingerprint density at radius 3 is 2.09 bits per heavy atom. The number of esters is 2. The van der Waals surface area contributed by atoms with Gasteiger partial charge in [0.05, 0.1) is 5.56 Å². The maximum atomic E-state index is 13.3. The van der Waals surface area contributed by atoms with Crippen LogP contribution in [0, 0.1) is 0 Å². The molecule has 0 fully saturated rings. The molecule has 0 aliphatic heterocycles. The van der Waals surface area contributed by atoms with Crippen molar-refractivity contribution in [2.75, 3.05) is 13.2 Å². The average molecular weight is 588 g/mol. The molecule has 0 saturated heterocycles. The number of carbonyl (C=O) groups is 3. The average Bonchev–Trinajstić information content (AvgIpc) is 2.85. The SMILES string of the molecule is C=CC(=O)OCCOc1cccc(C(OC(=O)c2ccc(Br)cc2)C(=O)c2ccc(Br)cc2)c1. The van der Waals surface area contributed by atoms with Crippen LogP contribution in [0.1, 0.15) is 32.4 Å². The topological polar surface area (TPSA) is 78.9 Å². The van der Waals surface area contributed by atoms with E-state index in [0.29, 0.717) is 22.4 Å². The van der Waals surface area contributed by atoms with Gasteiger partial charge in [-0.25, -0.2) is 9.59 Å². The zero-order chi connectivity index (χ0) is 24.5. The lowest BCUT2D eigenvalue weighted by Gasteiger charge is -2.18. The Bertz CT molecular complexity index is 1170. The van der Waals surface area contributed by atoms with Crippen molar-refractivity contribution in [3.8, 4) is 5.75 Å². The van der Waals surface area contributed by atoms with Crippen molar-refractivity contribution in [2.45, 2.75) is 6.10 Å². The number of rotatable bonds is 10. The highest BCUT2D eigenvalue weighted by Gasteiger charge is 2.27. The molecule has 3 rings (SSSR count). The molecule has 6 nitrogen and oxygen atoms in total. The van der Waals surface area contributed by atoms with Crippen LogP contribution in [0.15, 0.2) is 94.4 Å². The quantitative estimate of drug-likeness (QED) is 0.123. The predicted octanol–water partition coefficient (Wildman–Crippen LogP) is 6.10. The molecular weight excluding hydrogens is 568 g/mol. The van der Waals surface area contributed by atoms with Crippen LogP contribution in [0.2, 0.25) is 0 Å². The van der Waals surface area contributed by atoms with Crippen molar-refractivity contribution in [3.63, 3.8) is 0 Å². The number of carbonyl (C=O) groups excluding carboxylic acids is 3. The maximum absolute atomic E-state index is 13.3. The third-order valence-corrected chi connectivity index (χ3v) is 5.65. The molecule has 0 amide bonds. The molecule has 0 N–H and O–H groups in total. The first-order chi connectivity index (χ1) is 16.4. The maximum Gasteiger partial charge on any atom is 0.339 e. The normalized spacial score (nSPS) is 11.2. The largest absolute Gasteiger partial charge is 0.490 e. The summed E-state index contributed by atoms with van der Waals surface area (Å²) in [4.78, 5) is 37.3. The predicted molar refractivity (Wildman–Crippen MR) is 134 cm³/mol. The molecule has 8 heteroatoms. The highest BCUT2D eigenvalue weighted by atomic mass is 79.9. The summed E-state index contributed by atoms with van der Waals surface area (Å²) < 4.78 is 17.8. The van der Waals surface area contributed by atoms with E-state index in [4.69, 9.17) is 14.2 Å². The molecule has 0 spiro atoms. The van der Waals surface area contributed by atoms with Crippen LogP contribution in [-0.2, 0) is 14.3 Å². The number of halogens is 2. The second-order valence-corrected chi connectivity index (χ2v) is 8.79. The second kappa shape index (κ2) is 12.3. The molecule has 0 aromatic heterocycles. The Morgan fingerprint density at radius 2 is 1.47 bits per heavy atom. The fourth-order valence-corrected chi connectivity index (χ4v) is 3.46. The van der Waals surface area contributed by atoms with Gasteiger partial charge >= 0.3 is 11.9 Å². The van der Waals surface area contributed by atoms with Crippen LogP contribution >= 0.6 is 31.9 Å². The molecule has 1 unspecified atom stereocenters. The van der Waals surface area contributed by atoms with Gasteiger partial charge in [-0.15, -0.1) is 0 Å². The molecule has 174 valence electrons. The highest BCUT2D eigenvalue weighted by Crippen LogP contribution is 2.28. The summed E-state index contributed by atoms with van der Waals surface area (Å²) in [6.45, 7) is 3.47. The molecule has 0 radical (unpaired) electrons. The minimum atomic E-state index is -1.19. The molecule has 0 aliphatic carbocycles. The Morgan fingerprint density at radius 1 is 0.853 bits per heavy atom. The third kappa shape index (κ3) is 7.13. The molecule has 3 aromatic rings. The van der Waals surface area contributed by atoms with Crippen LogP contribution in [0.5, 0.6) is 5.75 Å². The van der Waals surface area contributed by atoms with E-state index >= 15 is 0 Å². The van der Waals surface area contributed by atoms with Crippen LogP contribution < -0.4 is 4.74 Å². The van der Waals surface area contributed by atoms with Crippen molar-refractivity contribution in [1.82, 2.24) is 0 Å². The van der Waals surface area contributed by atoms with Gasteiger partial charge in [0.25, 0.3) is 0 Å². The minimum Gasteiger partial charge on any atom is -0.490 e. The third-order valence-electron chi connectivity index (χ3n) is 4.60. The molecule has 1 atom stereocenters. The zero-order valence-electron chi connectivity index (χ0n) is 17.9. The van der Waals surface area contributed by atoms with Crippen LogP contribution in [-0.4, -0.2) is 30.9 Å². The van der Waals surface area contributed by atoms with Gasteiger partial charge in [-0.3, -0.25) is 4.79 Å². The first-order valence-electron chi connectivity index (χ1n) is 10.2. The summed E-state index contributed by atoms with van der Waals surface area (Å²) in [5.74, 6) is -1.13. The standard InChI is InChI=1S/C26H20Br2O6/c1-2-23(29)33-15-14-32-22-5-3-4-19(16-22)25(24(30)17-6-10-20(27)11-7-17)34-26(31)18-8-12-21(28)13-9-18/h2-13,16,25H,1,14-15H2. The molecular formula is C26H20Br2O6. The second-order valence-electron chi connectivity index (χ2n) is 6.96. The fourth-order valence-electron chi connectivity index (χ4n) is 2.93. The van der Waals surface area contributed by atoms with Crippen LogP contribution in [0.4, 0.5) is 0 Å². The summed E-state index contributed by atoms with van der Waals surface area (Å²) in [6, 6.07) is 20.1. The van der Waals surface area contributed by atoms with E-state index in [-0.39, 0.29) is 19.0 Å². The van der Waals surface area contributed by atoms with E-state index in [0.717, 1.165) is 15.0 Å². The lowest BCUT2D eigenvalue weighted by Crippen LogP contribution is -2.20. The van der Waals surface area contributed by atoms with E-state index in [1.165, 1.54) is 0 Å². The zero-order valence-corrected chi connectivity index (χ0v) is 21.1. The van der Waals surface area contributed by atoms with Gasteiger partial charge in [0, 0.05) is 26.1 Å². The molecule has 0 heterocycles. The molecule has 0 saturated carbocycles. The van der Waals surface area contributed by atoms with Gasteiger partial charge in [-0.05, 0) is 48.5 Å². The van der Waals surface area contributed by atoms with E-state index < -0.39 is 18.0 Å². The molecule has 0 bridgehead atoms. The number of ketones is 1. The smallest absolute Gasteiger partial charge is 0.339 e. The van der Waals surface area contributed by atoms with Gasteiger partial charge in [0.15, 0.2) is 6.10 Å². The number of Topliss-reactive ketones (excluding diaryl/α,β-unsaturated/α-hetero) is 1. The number of hydrogen-bond acceptors (Lipinski definition) is 6.